The Morgan fingerprint density at radius 3 is 2.00 bits per heavy atom. The van der Waals surface area contributed by atoms with Crippen molar-refractivity contribution in [2.45, 2.75) is 34.6 Å². The van der Waals surface area contributed by atoms with E-state index in [-0.39, 0.29) is 5.91 Å². The highest BCUT2D eigenvalue weighted by Crippen LogP contribution is 2.39. The van der Waals surface area contributed by atoms with Crippen LogP contribution in [0.25, 0.3) is 0 Å². The minimum atomic E-state index is -0.263. The molecule has 0 aliphatic rings. The summed E-state index contributed by atoms with van der Waals surface area (Å²) < 4.78 is 18.7. The molecule has 7 heteroatoms. The molecule has 7 nitrogen and oxygen atoms in total. The third kappa shape index (κ3) is 4.09. The van der Waals surface area contributed by atoms with Gasteiger partial charge in [0.2, 0.25) is 5.75 Å². The van der Waals surface area contributed by atoms with Crippen molar-refractivity contribution in [2.24, 2.45) is 7.05 Å². The Bertz CT molecular complexity index is 756. The minimum absolute atomic E-state index is 0.263. The summed E-state index contributed by atoms with van der Waals surface area (Å²) in [6, 6.07) is 3.34. The predicted octanol–water partition coefficient (Wildman–Crippen LogP) is 3.49. The summed E-state index contributed by atoms with van der Waals surface area (Å²) in [6.45, 7) is 10.9. The van der Waals surface area contributed by atoms with Crippen LogP contribution in [0.4, 0.5) is 5.82 Å². The van der Waals surface area contributed by atoms with Gasteiger partial charge in [-0.1, -0.05) is 0 Å². The zero-order valence-corrected chi connectivity index (χ0v) is 16.3. The molecular formula is C19H27N3O4. The standard InChI is InChI=1S/C19H27N3O4/c1-7-24-15-10-14(11-16(25-8-2)17(15)26-9-3)19(23)20-18-12(4)13(5)21-22(18)6/h10-11H,7-9H2,1-6H3,(H,20,23). The van der Waals surface area contributed by atoms with Gasteiger partial charge in [-0.3, -0.25) is 9.48 Å². The third-order valence-electron chi connectivity index (χ3n) is 3.92. The Morgan fingerprint density at radius 1 is 1.04 bits per heavy atom. The number of amides is 1. The predicted molar refractivity (Wildman–Crippen MR) is 101 cm³/mol. The highest BCUT2D eigenvalue weighted by molar-refractivity contribution is 6.05. The Morgan fingerprint density at radius 2 is 1.58 bits per heavy atom. The van der Waals surface area contributed by atoms with E-state index in [0.717, 1.165) is 11.3 Å². The van der Waals surface area contributed by atoms with Crippen LogP contribution >= 0.6 is 0 Å². The van der Waals surface area contributed by atoms with Crippen LogP contribution in [0, 0.1) is 13.8 Å². The monoisotopic (exact) mass is 361 g/mol. The number of aryl methyl sites for hydroxylation is 2. The molecule has 0 saturated heterocycles. The van der Waals surface area contributed by atoms with Gasteiger partial charge in [0.05, 0.1) is 25.5 Å². The summed E-state index contributed by atoms with van der Waals surface area (Å²) in [5, 5.41) is 7.24. The number of aromatic nitrogens is 2. The second-order valence-corrected chi connectivity index (χ2v) is 5.74. The molecule has 2 aromatic rings. The van der Waals surface area contributed by atoms with Gasteiger partial charge in [-0.2, -0.15) is 5.10 Å². The van der Waals surface area contributed by atoms with Crippen LogP contribution in [0.2, 0.25) is 0 Å². The van der Waals surface area contributed by atoms with Crippen molar-refractivity contribution < 1.29 is 19.0 Å². The molecule has 0 spiro atoms. The van der Waals surface area contributed by atoms with E-state index in [1.165, 1.54) is 0 Å². The second kappa shape index (κ2) is 8.60. The van der Waals surface area contributed by atoms with Crippen molar-refractivity contribution in [3.63, 3.8) is 0 Å². The van der Waals surface area contributed by atoms with Crippen molar-refractivity contribution in [2.75, 3.05) is 25.1 Å². The van der Waals surface area contributed by atoms with Gasteiger partial charge in [-0.15, -0.1) is 0 Å². The fourth-order valence-corrected chi connectivity index (χ4v) is 2.64. The minimum Gasteiger partial charge on any atom is -0.490 e. The quantitative estimate of drug-likeness (QED) is 0.779. The normalized spacial score (nSPS) is 10.5. The molecule has 0 aliphatic heterocycles. The van der Waals surface area contributed by atoms with Crippen molar-refractivity contribution in [1.29, 1.82) is 0 Å². The van der Waals surface area contributed by atoms with Crippen LogP contribution in [0.3, 0.4) is 0 Å². The van der Waals surface area contributed by atoms with Crippen molar-refractivity contribution in [3.8, 4) is 17.2 Å². The van der Waals surface area contributed by atoms with E-state index in [1.807, 2.05) is 34.6 Å². The van der Waals surface area contributed by atoms with Crippen LogP contribution in [-0.2, 0) is 7.05 Å². The average Bonchev–Trinajstić information content (AvgIpc) is 2.84. The Balaban J connectivity index is 2.42. The van der Waals surface area contributed by atoms with E-state index < -0.39 is 0 Å². The molecule has 0 aliphatic carbocycles. The van der Waals surface area contributed by atoms with Crippen molar-refractivity contribution in [1.82, 2.24) is 9.78 Å². The molecule has 0 fully saturated rings. The molecule has 1 amide bonds. The number of carbonyl (C=O) groups is 1. The highest BCUT2D eigenvalue weighted by atomic mass is 16.5. The van der Waals surface area contributed by atoms with E-state index >= 15 is 0 Å². The first-order valence-corrected chi connectivity index (χ1v) is 8.80. The first kappa shape index (κ1) is 19.6. The number of hydrogen-bond donors (Lipinski definition) is 1. The second-order valence-electron chi connectivity index (χ2n) is 5.74. The molecule has 0 bridgehead atoms. The number of anilines is 1. The van der Waals surface area contributed by atoms with E-state index in [4.69, 9.17) is 14.2 Å². The van der Waals surface area contributed by atoms with Gasteiger partial charge >= 0.3 is 0 Å². The number of rotatable bonds is 8. The fraction of sp³-hybridized carbons (Fsp3) is 0.474. The number of nitrogens with zero attached hydrogens (tertiary/aromatic N) is 2. The molecular weight excluding hydrogens is 334 g/mol. The maximum Gasteiger partial charge on any atom is 0.257 e. The zero-order chi connectivity index (χ0) is 19.3. The van der Waals surface area contributed by atoms with Crippen LogP contribution in [-0.4, -0.2) is 35.5 Å². The van der Waals surface area contributed by atoms with Gasteiger partial charge in [0.1, 0.15) is 5.82 Å². The Kier molecular flexibility index (Phi) is 6.49. The molecule has 142 valence electrons. The molecule has 2 rings (SSSR count). The highest BCUT2D eigenvalue weighted by Gasteiger charge is 2.20. The maximum absolute atomic E-state index is 12.8. The molecule has 1 aromatic heterocycles. The van der Waals surface area contributed by atoms with E-state index in [2.05, 4.69) is 10.4 Å². The van der Waals surface area contributed by atoms with Crippen molar-refractivity contribution >= 4 is 11.7 Å². The topological polar surface area (TPSA) is 74.6 Å². The van der Waals surface area contributed by atoms with E-state index in [0.29, 0.717) is 48.5 Å². The zero-order valence-electron chi connectivity index (χ0n) is 16.3. The van der Waals surface area contributed by atoms with E-state index in [9.17, 15) is 4.79 Å². The first-order valence-electron chi connectivity index (χ1n) is 8.80. The molecule has 0 unspecified atom stereocenters. The summed E-state index contributed by atoms with van der Waals surface area (Å²) >= 11 is 0. The molecule has 1 aromatic carbocycles. The molecule has 0 radical (unpaired) electrons. The number of nitrogens with one attached hydrogen (secondary N) is 1. The summed E-state index contributed by atoms with van der Waals surface area (Å²) in [5.41, 5.74) is 2.24. The number of hydrogen-bond acceptors (Lipinski definition) is 5. The molecule has 1 N–H and O–H groups in total. The van der Waals surface area contributed by atoms with Gasteiger partial charge in [0, 0.05) is 18.2 Å². The largest absolute Gasteiger partial charge is 0.490 e. The Labute approximate surface area is 154 Å². The van der Waals surface area contributed by atoms with Gasteiger partial charge in [-0.25, -0.2) is 0 Å². The lowest BCUT2D eigenvalue weighted by Crippen LogP contribution is -2.16. The molecule has 0 saturated carbocycles. The Hall–Kier alpha value is -2.70. The average molecular weight is 361 g/mol. The van der Waals surface area contributed by atoms with Gasteiger partial charge in [-0.05, 0) is 46.8 Å². The lowest BCUT2D eigenvalue weighted by molar-refractivity contribution is 0.102. The van der Waals surface area contributed by atoms with Crippen LogP contribution < -0.4 is 19.5 Å². The number of carbonyl (C=O) groups excluding carboxylic acids is 1. The van der Waals surface area contributed by atoms with Crippen molar-refractivity contribution in [3.05, 3.63) is 29.0 Å². The van der Waals surface area contributed by atoms with E-state index in [1.54, 1.807) is 23.9 Å². The SMILES string of the molecule is CCOc1cc(C(=O)Nc2c(C)c(C)nn2C)cc(OCC)c1OCC. The maximum atomic E-state index is 12.8. The van der Waals surface area contributed by atoms with Crippen LogP contribution in [0.1, 0.15) is 42.4 Å². The number of benzene rings is 1. The first-order chi connectivity index (χ1) is 12.4. The summed E-state index contributed by atoms with van der Waals surface area (Å²) in [6.07, 6.45) is 0. The van der Waals surface area contributed by atoms with Crippen LogP contribution in [0.5, 0.6) is 17.2 Å². The molecule has 0 atom stereocenters. The lowest BCUT2D eigenvalue weighted by Gasteiger charge is -2.17. The summed E-state index contributed by atoms with van der Waals surface area (Å²) in [5.74, 6) is 1.89. The smallest absolute Gasteiger partial charge is 0.257 e. The van der Waals surface area contributed by atoms with Crippen LogP contribution in [0.15, 0.2) is 12.1 Å². The summed E-state index contributed by atoms with van der Waals surface area (Å²) in [7, 11) is 1.80. The van der Waals surface area contributed by atoms with Gasteiger partial charge < -0.3 is 19.5 Å². The molecule has 1 heterocycles. The summed E-state index contributed by atoms with van der Waals surface area (Å²) in [4.78, 5) is 12.8. The number of ether oxygens (including phenoxy) is 3. The lowest BCUT2D eigenvalue weighted by atomic mass is 10.1. The third-order valence-corrected chi connectivity index (χ3v) is 3.92. The van der Waals surface area contributed by atoms with Gasteiger partial charge in [0.15, 0.2) is 11.5 Å². The van der Waals surface area contributed by atoms with Gasteiger partial charge in [0.25, 0.3) is 5.91 Å². The fourth-order valence-electron chi connectivity index (χ4n) is 2.64. The molecule has 26 heavy (non-hydrogen) atoms.